The molecule has 2 fully saturated rings. The predicted octanol–water partition coefficient (Wildman–Crippen LogP) is 3.55. The average Bonchev–Trinajstić information content (AvgIpc) is 2.15. The molecule has 0 atom stereocenters. The van der Waals surface area contributed by atoms with E-state index in [1.54, 1.807) is 0 Å². The lowest BCUT2D eigenvalue weighted by atomic mass is 9.77. The topological polar surface area (TPSA) is 34.1 Å². The molecule has 0 aromatic heterocycles. The smallest absolute Gasteiger partial charge is 0.0848 e. The summed E-state index contributed by atoms with van der Waals surface area (Å²) < 4.78 is 23.9. The van der Waals surface area contributed by atoms with E-state index in [2.05, 4.69) is 0 Å². The highest BCUT2D eigenvalue weighted by atomic mass is 31.2. The highest BCUT2D eigenvalue weighted by molar-refractivity contribution is 7.63. The van der Waals surface area contributed by atoms with Gasteiger partial charge in [0.05, 0.1) is 14.3 Å². The lowest BCUT2D eigenvalue weighted by Gasteiger charge is -2.43. The van der Waals surface area contributed by atoms with Crippen LogP contribution in [0.4, 0.5) is 0 Å². The van der Waals surface area contributed by atoms with Gasteiger partial charge in [0.1, 0.15) is 0 Å². The van der Waals surface area contributed by atoms with Crippen LogP contribution in [0.2, 0.25) is 0 Å². The molecule has 0 N–H and O–H groups in total. The summed E-state index contributed by atoms with van der Waals surface area (Å²) in [7, 11) is -3.56. The van der Waals surface area contributed by atoms with Crippen LogP contribution in [0, 0.1) is 5.41 Å². The van der Waals surface area contributed by atoms with E-state index < -0.39 is 14.3 Å². The summed E-state index contributed by atoms with van der Waals surface area (Å²) in [6.07, 6.45) is 8.23. The van der Waals surface area contributed by atoms with Crippen molar-refractivity contribution < 1.29 is 9.13 Å². The molecule has 2 saturated heterocycles. The van der Waals surface area contributed by atoms with Crippen molar-refractivity contribution in [2.24, 2.45) is 5.41 Å². The van der Waals surface area contributed by atoms with Gasteiger partial charge in [-0.15, -0.1) is 0 Å². The summed E-state index contributed by atoms with van der Waals surface area (Å²) >= 11 is 0. The minimum absolute atomic E-state index is 0.424. The summed E-state index contributed by atoms with van der Waals surface area (Å²) in [5, 5.41) is 0. The van der Waals surface area contributed by atoms with Crippen molar-refractivity contribution >= 4 is 14.3 Å². The first-order chi connectivity index (χ1) is 6.83. The molecule has 2 heterocycles. The highest BCUT2D eigenvalue weighted by Gasteiger charge is 2.42. The zero-order chi connectivity index (χ0) is 11.2. The molecular formula is C11H22O2P2. The van der Waals surface area contributed by atoms with Gasteiger partial charge < -0.3 is 9.13 Å². The Balaban J connectivity index is 2.01. The van der Waals surface area contributed by atoms with Crippen LogP contribution < -0.4 is 0 Å². The van der Waals surface area contributed by atoms with E-state index in [1.165, 1.54) is 0 Å². The van der Waals surface area contributed by atoms with Crippen molar-refractivity contribution in [2.75, 3.05) is 38.0 Å². The van der Waals surface area contributed by atoms with Crippen LogP contribution in [-0.4, -0.2) is 38.0 Å². The molecule has 0 aliphatic carbocycles. The van der Waals surface area contributed by atoms with Crippen molar-refractivity contribution in [2.45, 2.75) is 25.7 Å². The maximum Gasteiger partial charge on any atom is 0.0848 e. The van der Waals surface area contributed by atoms with Crippen molar-refractivity contribution in [1.29, 1.82) is 0 Å². The Morgan fingerprint density at radius 3 is 1.27 bits per heavy atom. The molecule has 0 amide bonds. The SMILES string of the molecule is CP1(=O)CCC2(CC1)CCP(C)(=O)CC2. The van der Waals surface area contributed by atoms with Gasteiger partial charge in [0.15, 0.2) is 0 Å². The molecule has 2 aliphatic rings. The summed E-state index contributed by atoms with van der Waals surface area (Å²) in [5.41, 5.74) is 0.424. The van der Waals surface area contributed by atoms with Crippen molar-refractivity contribution in [3.63, 3.8) is 0 Å². The fourth-order valence-electron chi connectivity index (χ4n) is 2.87. The molecule has 0 aromatic rings. The van der Waals surface area contributed by atoms with E-state index >= 15 is 0 Å². The third-order valence-corrected chi connectivity index (χ3v) is 9.14. The molecule has 0 aromatic carbocycles. The van der Waals surface area contributed by atoms with Crippen LogP contribution >= 0.6 is 14.3 Å². The Labute approximate surface area is 93.0 Å². The van der Waals surface area contributed by atoms with E-state index in [9.17, 15) is 9.13 Å². The summed E-state index contributed by atoms with van der Waals surface area (Å²) in [5.74, 6) is 0. The van der Waals surface area contributed by atoms with Gasteiger partial charge in [-0.1, -0.05) is 0 Å². The van der Waals surface area contributed by atoms with Crippen LogP contribution in [0.5, 0.6) is 0 Å². The largest absolute Gasteiger partial charge is 0.324 e. The van der Waals surface area contributed by atoms with Gasteiger partial charge in [-0.2, -0.15) is 0 Å². The summed E-state index contributed by atoms with van der Waals surface area (Å²) in [4.78, 5) is 0. The lowest BCUT2D eigenvalue weighted by molar-refractivity contribution is 0.226. The van der Waals surface area contributed by atoms with Crippen LogP contribution in [0.25, 0.3) is 0 Å². The highest BCUT2D eigenvalue weighted by Crippen LogP contribution is 2.60. The third-order valence-electron chi connectivity index (χ3n) is 4.46. The molecule has 88 valence electrons. The zero-order valence-electron chi connectivity index (χ0n) is 9.87. The Hall–Kier alpha value is 0.460. The first-order valence-corrected chi connectivity index (χ1v) is 11.0. The summed E-state index contributed by atoms with van der Waals surface area (Å²) in [6.45, 7) is 3.90. The molecule has 2 nitrogen and oxygen atoms in total. The molecule has 1 spiro atoms. The van der Waals surface area contributed by atoms with E-state index in [0.29, 0.717) is 5.41 Å². The van der Waals surface area contributed by atoms with Crippen molar-refractivity contribution in [3.05, 3.63) is 0 Å². The van der Waals surface area contributed by atoms with Crippen molar-refractivity contribution in [3.8, 4) is 0 Å². The first kappa shape index (κ1) is 11.9. The quantitative estimate of drug-likeness (QED) is 0.614. The van der Waals surface area contributed by atoms with E-state index in [1.807, 2.05) is 13.3 Å². The standard InChI is InChI=1S/C11H22O2P2/c1-14(12)7-3-11(4-8-14)5-9-15(2,13)10-6-11/h3-10H2,1-2H3. The molecule has 15 heavy (non-hydrogen) atoms. The minimum atomic E-state index is -1.78. The fraction of sp³-hybridized carbons (Fsp3) is 1.00. The lowest BCUT2D eigenvalue weighted by Crippen LogP contribution is -2.33. The monoisotopic (exact) mass is 248 g/mol. The number of rotatable bonds is 0. The fourth-order valence-corrected chi connectivity index (χ4v) is 7.10. The van der Waals surface area contributed by atoms with Gasteiger partial charge in [0.25, 0.3) is 0 Å². The average molecular weight is 248 g/mol. The molecule has 0 radical (unpaired) electrons. The number of hydrogen-bond donors (Lipinski definition) is 0. The second-order valence-electron chi connectivity index (χ2n) is 5.99. The maximum absolute atomic E-state index is 11.9. The minimum Gasteiger partial charge on any atom is -0.324 e. The Bertz CT molecular complexity index is 287. The summed E-state index contributed by atoms with van der Waals surface area (Å²) in [6, 6.07) is 0. The molecule has 4 heteroatoms. The second kappa shape index (κ2) is 3.74. The zero-order valence-corrected chi connectivity index (χ0v) is 11.7. The molecule has 0 saturated carbocycles. The number of hydrogen-bond acceptors (Lipinski definition) is 2. The van der Waals surface area contributed by atoms with Gasteiger partial charge in [-0.05, 0) is 44.4 Å². The van der Waals surface area contributed by atoms with Gasteiger partial charge in [0, 0.05) is 24.6 Å². The van der Waals surface area contributed by atoms with E-state index in [0.717, 1.165) is 50.3 Å². The van der Waals surface area contributed by atoms with Gasteiger partial charge in [-0.25, -0.2) is 0 Å². The van der Waals surface area contributed by atoms with Crippen LogP contribution in [0.15, 0.2) is 0 Å². The molecule has 0 bridgehead atoms. The Morgan fingerprint density at radius 2 is 1.00 bits per heavy atom. The van der Waals surface area contributed by atoms with Gasteiger partial charge >= 0.3 is 0 Å². The van der Waals surface area contributed by atoms with Crippen LogP contribution in [-0.2, 0) is 9.13 Å². The maximum atomic E-state index is 11.9. The molecular weight excluding hydrogens is 226 g/mol. The third kappa shape index (κ3) is 2.77. The second-order valence-corrected chi connectivity index (χ2v) is 13.0. The first-order valence-electron chi connectivity index (χ1n) is 5.94. The van der Waals surface area contributed by atoms with Crippen molar-refractivity contribution in [1.82, 2.24) is 0 Å². The Morgan fingerprint density at radius 1 is 0.733 bits per heavy atom. The van der Waals surface area contributed by atoms with Crippen LogP contribution in [0.3, 0.4) is 0 Å². The predicted molar refractivity (Wildman–Crippen MR) is 67.4 cm³/mol. The Kier molecular flexibility index (Phi) is 2.98. The van der Waals surface area contributed by atoms with Crippen LogP contribution in [0.1, 0.15) is 25.7 Å². The van der Waals surface area contributed by atoms with Gasteiger partial charge in [-0.3, -0.25) is 0 Å². The van der Waals surface area contributed by atoms with Gasteiger partial charge in [0.2, 0.25) is 0 Å². The van der Waals surface area contributed by atoms with E-state index in [-0.39, 0.29) is 0 Å². The molecule has 2 rings (SSSR count). The normalized spacial score (nSPS) is 51.9. The van der Waals surface area contributed by atoms with E-state index in [4.69, 9.17) is 0 Å². The molecule has 0 unspecified atom stereocenters. The molecule has 2 aliphatic heterocycles.